The number of aromatic nitrogens is 3. The average molecular weight is 293 g/mol. The van der Waals surface area contributed by atoms with Crippen LogP contribution in [0.3, 0.4) is 0 Å². The van der Waals surface area contributed by atoms with Crippen molar-refractivity contribution >= 4 is 11.6 Å². The Morgan fingerprint density at radius 3 is 2.85 bits per heavy atom. The first-order valence-electron chi connectivity index (χ1n) is 7.14. The number of nitrogens with zero attached hydrogens (tertiary/aromatic N) is 3. The highest BCUT2D eigenvalue weighted by atomic mass is 35.5. The van der Waals surface area contributed by atoms with Gasteiger partial charge in [0.15, 0.2) is 0 Å². The molecule has 0 aliphatic rings. The van der Waals surface area contributed by atoms with Crippen LogP contribution in [-0.4, -0.2) is 21.5 Å². The van der Waals surface area contributed by atoms with Crippen LogP contribution in [0.2, 0.25) is 5.02 Å². The van der Waals surface area contributed by atoms with E-state index in [1.165, 1.54) is 5.56 Å². The predicted molar refractivity (Wildman–Crippen MR) is 82.8 cm³/mol. The molecule has 5 heteroatoms. The van der Waals surface area contributed by atoms with E-state index in [2.05, 4.69) is 35.5 Å². The molecular formula is C15H21ClN4. The summed E-state index contributed by atoms with van der Waals surface area (Å²) >= 11 is 6.15. The van der Waals surface area contributed by atoms with E-state index in [0.717, 1.165) is 48.8 Å². The van der Waals surface area contributed by atoms with Crippen molar-refractivity contribution in [3.05, 3.63) is 35.0 Å². The molecule has 0 unspecified atom stereocenters. The first-order valence-corrected chi connectivity index (χ1v) is 7.52. The third-order valence-electron chi connectivity index (χ3n) is 3.14. The van der Waals surface area contributed by atoms with Crippen LogP contribution in [0.5, 0.6) is 0 Å². The van der Waals surface area contributed by atoms with Crippen molar-refractivity contribution in [2.45, 2.75) is 39.8 Å². The van der Waals surface area contributed by atoms with Crippen LogP contribution >= 0.6 is 11.6 Å². The molecular weight excluding hydrogens is 272 g/mol. The number of rotatable bonds is 7. The highest BCUT2D eigenvalue weighted by Gasteiger charge is 2.11. The fraction of sp³-hybridized carbons (Fsp3) is 0.467. The molecule has 1 N–H and O–H groups in total. The van der Waals surface area contributed by atoms with E-state index < -0.39 is 0 Å². The van der Waals surface area contributed by atoms with Gasteiger partial charge in [0.25, 0.3) is 0 Å². The van der Waals surface area contributed by atoms with Crippen molar-refractivity contribution in [2.75, 3.05) is 6.54 Å². The van der Waals surface area contributed by atoms with Gasteiger partial charge in [-0.1, -0.05) is 36.7 Å². The Morgan fingerprint density at radius 1 is 1.25 bits per heavy atom. The van der Waals surface area contributed by atoms with E-state index >= 15 is 0 Å². The second-order valence-electron chi connectivity index (χ2n) is 4.82. The standard InChI is InChI=1S/C15H21ClN4/c1-3-7-17-10-12-5-6-13(16)9-14(12)15-11-18-19-20(15)8-4-2/h5-6,9,11,17H,3-4,7-8,10H2,1-2H3. The molecule has 2 aromatic rings. The number of nitrogens with one attached hydrogen (secondary N) is 1. The van der Waals surface area contributed by atoms with Crippen molar-refractivity contribution in [2.24, 2.45) is 0 Å². The Labute approximate surface area is 125 Å². The van der Waals surface area contributed by atoms with Gasteiger partial charge in [0.05, 0.1) is 11.9 Å². The van der Waals surface area contributed by atoms with Gasteiger partial charge in [0, 0.05) is 23.7 Å². The minimum absolute atomic E-state index is 0.739. The summed E-state index contributed by atoms with van der Waals surface area (Å²) in [6, 6.07) is 6.00. The van der Waals surface area contributed by atoms with Crippen molar-refractivity contribution in [1.82, 2.24) is 20.3 Å². The summed E-state index contributed by atoms with van der Waals surface area (Å²) in [6.07, 6.45) is 3.96. The number of halogens is 1. The average Bonchev–Trinajstić information content (AvgIpc) is 2.89. The number of hydrogen-bond acceptors (Lipinski definition) is 3. The van der Waals surface area contributed by atoms with Crippen molar-refractivity contribution < 1.29 is 0 Å². The third-order valence-corrected chi connectivity index (χ3v) is 3.38. The van der Waals surface area contributed by atoms with Crippen molar-refractivity contribution in [3.8, 4) is 11.3 Å². The summed E-state index contributed by atoms with van der Waals surface area (Å²) in [5, 5.41) is 12.4. The van der Waals surface area contributed by atoms with Crippen LogP contribution in [-0.2, 0) is 13.1 Å². The second kappa shape index (κ2) is 7.41. The zero-order valence-electron chi connectivity index (χ0n) is 12.1. The first-order chi connectivity index (χ1) is 9.76. The maximum atomic E-state index is 6.15. The SMILES string of the molecule is CCCNCc1ccc(Cl)cc1-c1cnnn1CCC. The molecule has 0 aliphatic carbocycles. The minimum Gasteiger partial charge on any atom is -0.313 e. The van der Waals surface area contributed by atoms with Gasteiger partial charge >= 0.3 is 0 Å². The lowest BCUT2D eigenvalue weighted by Gasteiger charge is -2.12. The van der Waals surface area contributed by atoms with Gasteiger partial charge in [-0.25, -0.2) is 4.68 Å². The van der Waals surface area contributed by atoms with Gasteiger partial charge < -0.3 is 5.32 Å². The Kier molecular flexibility index (Phi) is 5.56. The normalized spacial score (nSPS) is 10.9. The van der Waals surface area contributed by atoms with Crippen LogP contribution in [0.1, 0.15) is 32.3 Å². The Bertz CT molecular complexity index is 551. The largest absolute Gasteiger partial charge is 0.313 e. The van der Waals surface area contributed by atoms with Crippen LogP contribution in [0, 0.1) is 0 Å². The molecule has 0 radical (unpaired) electrons. The first kappa shape index (κ1) is 15.0. The van der Waals surface area contributed by atoms with Crippen molar-refractivity contribution in [1.29, 1.82) is 0 Å². The molecule has 20 heavy (non-hydrogen) atoms. The molecule has 1 aromatic heterocycles. The van der Waals surface area contributed by atoms with Gasteiger partial charge in [0.1, 0.15) is 0 Å². The Balaban J connectivity index is 2.32. The van der Waals surface area contributed by atoms with E-state index in [-0.39, 0.29) is 0 Å². The highest BCUT2D eigenvalue weighted by molar-refractivity contribution is 6.30. The molecule has 0 aliphatic heterocycles. The number of aryl methyl sites for hydroxylation is 1. The lowest BCUT2D eigenvalue weighted by atomic mass is 10.0. The summed E-state index contributed by atoms with van der Waals surface area (Å²) in [6.45, 7) is 7.00. The lowest BCUT2D eigenvalue weighted by Crippen LogP contribution is -2.15. The maximum Gasteiger partial charge on any atom is 0.0889 e. The summed E-state index contributed by atoms with van der Waals surface area (Å²) in [5.41, 5.74) is 3.37. The summed E-state index contributed by atoms with van der Waals surface area (Å²) in [7, 11) is 0. The molecule has 1 aromatic carbocycles. The van der Waals surface area contributed by atoms with E-state index in [4.69, 9.17) is 11.6 Å². The topological polar surface area (TPSA) is 42.7 Å². The van der Waals surface area contributed by atoms with Crippen LogP contribution < -0.4 is 5.32 Å². The number of hydrogen-bond donors (Lipinski definition) is 1. The molecule has 1 heterocycles. The van der Waals surface area contributed by atoms with Crippen LogP contribution in [0.25, 0.3) is 11.3 Å². The molecule has 0 saturated carbocycles. The van der Waals surface area contributed by atoms with E-state index in [1.54, 1.807) is 0 Å². The maximum absolute atomic E-state index is 6.15. The molecule has 2 rings (SSSR count). The zero-order chi connectivity index (χ0) is 14.4. The summed E-state index contributed by atoms with van der Waals surface area (Å²) in [5.74, 6) is 0. The molecule has 0 bridgehead atoms. The van der Waals surface area contributed by atoms with Gasteiger partial charge in [0.2, 0.25) is 0 Å². The molecule has 4 nitrogen and oxygen atoms in total. The molecule has 0 spiro atoms. The van der Waals surface area contributed by atoms with E-state index in [1.807, 2.05) is 23.0 Å². The zero-order valence-corrected chi connectivity index (χ0v) is 12.8. The van der Waals surface area contributed by atoms with Gasteiger partial charge in [-0.3, -0.25) is 0 Å². The van der Waals surface area contributed by atoms with Gasteiger partial charge in [-0.2, -0.15) is 0 Å². The summed E-state index contributed by atoms with van der Waals surface area (Å²) < 4.78 is 1.94. The van der Waals surface area contributed by atoms with Gasteiger partial charge in [-0.05, 0) is 37.1 Å². The Morgan fingerprint density at radius 2 is 2.10 bits per heavy atom. The van der Waals surface area contributed by atoms with Crippen LogP contribution in [0.15, 0.2) is 24.4 Å². The Hall–Kier alpha value is -1.39. The monoisotopic (exact) mass is 292 g/mol. The smallest absolute Gasteiger partial charge is 0.0889 e. The summed E-state index contributed by atoms with van der Waals surface area (Å²) in [4.78, 5) is 0. The quantitative estimate of drug-likeness (QED) is 0.794. The van der Waals surface area contributed by atoms with Gasteiger partial charge in [-0.15, -0.1) is 5.10 Å². The molecule has 0 atom stereocenters. The fourth-order valence-corrected chi connectivity index (χ4v) is 2.36. The second-order valence-corrected chi connectivity index (χ2v) is 5.26. The van der Waals surface area contributed by atoms with Crippen LogP contribution in [0.4, 0.5) is 0 Å². The lowest BCUT2D eigenvalue weighted by molar-refractivity contribution is 0.583. The molecule has 0 amide bonds. The van der Waals surface area contributed by atoms with E-state index in [0.29, 0.717) is 0 Å². The molecule has 0 fully saturated rings. The fourth-order valence-electron chi connectivity index (χ4n) is 2.18. The van der Waals surface area contributed by atoms with E-state index in [9.17, 15) is 0 Å². The molecule has 0 saturated heterocycles. The minimum atomic E-state index is 0.739. The highest BCUT2D eigenvalue weighted by Crippen LogP contribution is 2.26. The van der Waals surface area contributed by atoms with Crippen molar-refractivity contribution in [3.63, 3.8) is 0 Å². The predicted octanol–water partition coefficient (Wildman–Crippen LogP) is 3.51. The number of benzene rings is 1. The molecule has 108 valence electrons. The third kappa shape index (κ3) is 3.58.